The molecule has 4 aliphatic rings. The summed E-state index contributed by atoms with van der Waals surface area (Å²) in [6.45, 7) is 7.47. The number of aromatic nitrogens is 4. The summed E-state index contributed by atoms with van der Waals surface area (Å²) in [5.41, 5.74) is 10.3. The van der Waals surface area contributed by atoms with Crippen molar-refractivity contribution in [3.63, 3.8) is 0 Å². The number of ketones is 1. The Kier molecular flexibility index (Phi) is 14.4. The fourth-order valence-corrected chi connectivity index (χ4v) is 8.41. The number of methoxy groups -OCH3 is 2. The van der Waals surface area contributed by atoms with Crippen LogP contribution in [0.3, 0.4) is 0 Å². The lowest BCUT2D eigenvalue weighted by molar-refractivity contribution is -0.117. The molecule has 0 radical (unpaired) electrons. The molecule has 1 atom stereocenters. The van der Waals surface area contributed by atoms with Gasteiger partial charge >= 0.3 is 0 Å². The molecule has 2 fully saturated rings. The van der Waals surface area contributed by atoms with Crippen LogP contribution in [0.1, 0.15) is 29.9 Å². The monoisotopic (exact) mass is 850 g/mol. The van der Waals surface area contributed by atoms with Crippen molar-refractivity contribution in [1.82, 2.24) is 29.8 Å². The molecule has 0 spiro atoms. The van der Waals surface area contributed by atoms with E-state index in [2.05, 4.69) is 28.4 Å². The van der Waals surface area contributed by atoms with Crippen LogP contribution in [0.4, 0.5) is 0 Å². The van der Waals surface area contributed by atoms with Gasteiger partial charge < -0.3 is 24.3 Å². The number of Topliss-reactive ketones (excluding diaryl/α,β-unsaturated/α-hetero) is 1. The second kappa shape index (κ2) is 20.0. The van der Waals surface area contributed by atoms with Gasteiger partial charge in [0.25, 0.3) is 0 Å². The minimum atomic E-state index is 0. The molecule has 0 saturated carbocycles. The fourth-order valence-electron chi connectivity index (χ4n) is 8.16. The molecule has 2 aliphatic heterocycles. The maximum absolute atomic E-state index is 11.9. The van der Waals surface area contributed by atoms with Crippen molar-refractivity contribution in [3.05, 3.63) is 130 Å². The third kappa shape index (κ3) is 9.47. The molecule has 1 unspecified atom stereocenters. The summed E-state index contributed by atoms with van der Waals surface area (Å²) in [4.78, 5) is 14.4. The minimum absolute atomic E-state index is 0. The predicted octanol–water partition coefficient (Wildman–Crippen LogP) is 8.11. The molecule has 13 heteroatoms. The van der Waals surface area contributed by atoms with Crippen LogP contribution in [0.5, 0.6) is 11.5 Å². The van der Waals surface area contributed by atoms with Gasteiger partial charge in [0, 0.05) is 77.4 Å². The molecule has 6 aromatic rings. The average molecular weight is 852 g/mol. The van der Waals surface area contributed by atoms with Crippen molar-refractivity contribution in [2.24, 2.45) is 0 Å². The third-order valence-corrected chi connectivity index (χ3v) is 11.5. The number of halogens is 2. The van der Waals surface area contributed by atoms with Gasteiger partial charge in [0.05, 0.1) is 69.8 Å². The standard InChI is InChI=1S/C23H24ClN3O2.C19H15ClN2O2.C4H9NO.CH4/c1-28-22-5-3-2-4-21(22)27-23(16-6-8-17(24)9-7-16)19-14-18(15-20(19)25-27)26-10-12-29-13-11-26;1-24-18-5-3-2-4-17(18)22-19(12-6-8-13(20)9-7-12)15-10-14(23)11-16(15)21-22;1-3-6-4-2-5-1;/h2-9,18H,10-15H2,1H3;2-9H,10-11H2,1H3;5H,1-4H2;1H4. The molecule has 2 aliphatic carbocycles. The number of ether oxygens (including phenoxy) is 4. The molecule has 10 rings (SSSR count). The van der Waals surface area contributed by atoms with Gasteiger partial charge in [0.2, 0.25) is 0 Å². The molecule has 314 valence electrons. The summed E-state index contributed by atoms with van der Waals surface area (Å²) in [6, 6.07) is 31.9. The largest absolute Gasteiger partial charge is 0.494 e. The van der Waals surface area contributed by atoms with E-state index < -0.39 is 0 Å². The first-order valence-electron chi connectivity index (χ1n) is 20.0. The van der Waals surface area contributed by atoms with Gasteiger partial charge in [-0.3, -0.25) is 9.69 Å². The van der Waals surface area contributed by atoms with Crippen LogP contribution >= 0.6 is 23.2 Å². The van der Waals surface area contributed by atoms with Gasteiger partial charge in [-0.2, -0.15) is 10.2 Å². The zero-order chi connectivity index (χ0) is 40.7. The third-order valence-electron chi connectivity index (χ3n) is 11.0. The number of rotatable bonds is 7. The van der Waals surface area contributed by atoms with Crippen molar-refractivity contribution in [3.8, 4) is 45.4 Å². The van der Waals surface area contributed by atoms with E-state index in [1.54, 1.807) is 14.2 Å². The lowest BCUT2D eigenvalue weighted by Crippen LogP contribution is -2.44. The molecule has 60 heavy (non-hydrogen) atoms. The van der Waals surface area contributed by atoms with Gasteiger partial charge in [-0.1, -0.05) is 79.2 Å². The molecule has 4 aromatic carbocycles. The van der Waals surface area contributed by atoms with Crippen LogP contribution in [-0.2, 0) is 40.0 Å². The lowest BCUT2D eigenvalue weighted by atomic mass is 10.0. The quantitative estimate of drug-likeness (QED) is 0.171. The molecule has 4 heterocycles. The number of carbonyl (C=O) groups is 1. The van der Waals surface area contributed by atoms with Gasteiger partial charge in [-0.15, -0.1) is 0 Å². The van der Waals surface area contributed by atoms with Crippen LogP contribution in [0, 0.1) is 0 Å². The average Bonchev–Trinajstić information content (AvgIpc) is 4.05. The number of hydrogen-bond donors (Lipinski definition) is 1. The number of nitrogens with one attached hydrogen (secondary N) is 1. The SMILES string of the molecule is C.C1COCCN1.COc1ccccc1-n1nc2c(c1-c1ccc(Cl)cc1)CC(=O)C2.COc1ccccc1-n1nc2c(c1-c1ccc(Cl)cc1)CC(N1CCOCC1)C2. The number of nitrogens with zero attached hydrogens (tertiary/aromatic N) is 5. The van der Waals surface area contributed by atoms with E-state index in [1.807, 2.05) is 88.2 Å². The van der Waals surface area contributed by atoms with E-state index in [9.17, 15) is 4.79 Å². The van der Waals surface area contributed by atoms with Crippen LogP contribution in [-0.4, -0.2) is 103 Å². The number of carbonyl (C=O) groups excluding carboxylic acids is 1. The Morgan fingerprint density at radius 1 is 0.633 bits per heavy atom. The Hall–Kier alpha value is -5.01. The van der Waals surface area contributed by atoms with Crippen molar-refractivity contribution in [2.45, 2.75) is 39.2 Å². The van der Waals surface area contributed by atoms with Gasteiger partial charge in [-0.25, -0.2) is 9.36 Å². The molecule has 0 amide bonds. The van der Waals surface area contributed by atoms with E-state index in [-0.39, 0.29) is 13.2 Å². The first-order valence-corrected chi connectivity index (χ1v) is 20.8. The van der Waals surface area contributed by atoms with Crippen LogP contribution < -0.4 is 14.8 Å². The van der Waals surface area contributed by atoms with Crippen molar-refractivity contribution >= 4 is 29.0 Å². The molecule has 2 saturated heterocycles. The number of fused-ring (bicyclic) bond motifs is 2. The van der Waals surface area contributed by atoms with Crippen LogP contribution in [0.2, 0.25) is 10.0 Å². The van der Waals surface area contributed by atoms with E-state index in [1.165, 1.54) is 11.3 Å². The highest BCUT2D eigenvalue weighted by molar-refractivity contribution is 6.31. The molecular formula is C47H52Cl2N6O5. The van der Waals surface area contributed by atoms with Gasteiger partial charge in [0.15, 0.2) is 0 Å². The Morgan fingerprint density at radius 3 is 1.63 bits per heavy atom. The highest BCUT2D eigenvalue weighted by Gasteiger charge is 2.34. The molecule has 11 nitrogen and oxygen atoms in total. The van der Waals surface area contributed by atoms with E-state index in [0.29, 0.717) is 23.9 Å². The number of benzene rings is 4. The lowest BCUT2D eigenvalue weighted by Gasteiger charge is -2.32. The Labute approximate surface area is 362 Å². The molecule has 0 bridgehead atoms. The second-order valence-corrected chi connectivity index (χ2v) is 15.6. The second-order valence-electron chi connectivity index (χ2n) is 14.7. The minimum Gasteiger partial charge on any atom is -0.494 e. The normalized spacial score (nSPS) is 17.0. The van der Waals surface area contributed by atoms with E-state index in [0.717, 1.165) is 127 Å². The summed E-state index contributed by atoms with van der Waals surface area (Å²) < 4.78 is 25.6. The summed E-state index contributed by atoms with van der Waals surface area (Å²) in [5, 5.41) is 14.3. The highest BCUT2D eigenvalue weighted by Crippen LogP contribution is 2.39. The molecular weight excluding hydrogens is 799 g/mol. The van der Waals surface area contributed by atoms with Crippen molar-refractivity contribution in [1.29, 1.82) is 0 Å². The maximum Gasteiger partial charge on any atom is 0.144 e. The predicted molar refractivity (Wildman–Crippen MR) is 238 cm³/mol. The van der Waals surface area contributed by atoms with Crippen LogP contribution in [0.25, 0.3) is 33.9 Å². The number of morpholine rings is 2. The summed E-state index contributed by atoms with van der Waals surface area (Å²) in [5.74, 6) is 1.75. The number of para-hydroxylation sites is 4. The number of hydrogen-bond acceptors (Lipinski definition) is 9. The first kappa shape index (κ1) is 43.1. The van der Waals surface area contributed by atoms with Crippen LogP contribution in [0.15, 0.2) is 97.1 Å². The fraction of sp³-hybridized carbons (Fsp3) is 0.340. The van der Waals surface area contributed by atoms with Crippen molar-refractivity contribution < 1.29 is 23.7 Å². The summed E-state index contributed by atoms with van der Waals surface area (Å²) >= 11 is 12.2. The van der Waals surface area contributed by atoms with E-state index in [4.69, 9.17) is 52.3 Å². The summed E-state index contributed by atoms with van der Waals surface area (Å²) in [7, 11) is 3.34. The summed E-state index contributed by atoms with van der Waals surface area (Å²) in [6.07, 6.45) is 2.78. The zero-order valence-electron chi connectivity index (χ0n) is 33.3. The topological polar surface area (TPSA) is 105 Å². The van der Waals surface area contributed by atoms with Crippen molar-refractivity contribution in [2.75, 3.05) is 66.8 Å². The Balaban J connectivity index is 0.000000159. The molecule has 1 N–H and O–H groups in total. The maximum atomic E-state index is 11.9. The zero-order valence-corrected chi connectivity index (χ0v) is 34.8. The Morgan fingerprint density at radius 2 is 1.13 bits per heavy atom. The highest BCUT2D eigenvalue weighted by atomic mass is 35.5. The van der Waals surface area contributed by atoms with E-state index >= 15 is 0 Å². The first-order chi connectivity index (χ1) is 28.9. The Bertz CT molecular complexity index is 2360. The van der Waals surface area contributed by atoms with Gasteiger partial charge in [0.1, 0.15) is 28.7 Å². The smallest absolute Gasteiger partial charge is 0.144 e. The molecule has 2 aromatic heterocycles. The van der Waals surface area contributed by atoms with Gasteiger partial charge in [-0.05, 0) is 55.0 Å².